The first-order valence-electron chi connectivity index (χ1n) is 4.70. The summed E-state index contributed by atoms with van der Waals surface area (Å²) < 4.78 is 0. The van der Waals surface area contributed by atoms with Crippen molar-refractivity contribution < 1.29 is 4.84 Å². The first kappa shape index (κ1) is 9.53. The fourth-order valence-corrected chi connectivity index (χ4v) is 1.67. The number of halogens is 1. The highest BCUT2D eigenvalue weighted by molar-refractivity contribution is 6.18. The molecule has 0 fully saturated rings. The molecule has 0 N–H and O–H groups in total. The summed E-state index contributed by atoms with van der Waals surface area (Å²) in [6.07, 6.45) is 1.81. The lowest BCUT2D eigenvalue weighted by Crippen LogP contribution is -2.10. The molecular formula is C11H12ClNO. The lowest BCUT2D eigenvalue weighted by atomic mass is 10.1. The van der Waals surface area contributed by atoms with Gasteiger partial charge in [-0.3, -0.25) is 0 Å². The Kier molecular flexibility index (Phi) is 3.04. The summed E-state index contributed by atoms with van der Waals surface area (Å²) in [7, 11) is 0. The van der Waals surface area contributed by atoms with Crippen LogP contribution in [0.4, 0.5) is 0 Å². The summed E-state index contributed by atoms with van der Waals surface area (Å²) in [5.41, 5.74) is 2.35. The predicted molar refractivity (Wildman–Crippen MR) is 57.8 cm³/mol. The van der Waals surface area contributed by atoms with Crippen molar-refractivity contribution in [2.75, 3.05) is 5.88 Å². The van der Waals surface area contributed by atoms with E-state index in [0.29, 0.717) is 5.88 Å². The molecule has 0 amide bonds. The third-order valence-electron chi connectivity index (χ3n) is 2.22. The Morgan fingerprint density at radius 3 is 2.79 bits per heavy atom. The van der Waals surface area contributed by atoms with Crippen molar-refractivity contribution in [1.82, 2.24) is 0 Å². The van der Waals surface area contributed by atoms with Crippen LogP contribution >= 0.6 is 11.6 Å². The molecule has 0 aromatic heterocycles. The maximum Gasteiger partial charge on any atom is 0.146 e. The molecule has 3 heteroatoms. The molecule has 14 heavy (non-hydrogen) atoms. The van der Waals surface area contributed by atoms with E-state index in [-0.39, 0.29) is 6.10 Å². The molecule has 0 saturated heterocycles. The number of nitrogens with zero attached hydrogens (tertiary/aromatic N) is 1. The van der Waals surface area contributed by atoms with Gasteiger partial charge >= 0.3 is 0 Å². The molecule has 1 aromatic rings. The van der Waals surface area contributed by atoms with Gasteiger partial charge in [-0.1, -0.05) is 35.5 Å². The molecule has 0 unspecified atom stereocenters. The van der Waals surface area contributed by atoms with Crippen molar-refractivity contribution in [3.63, 3.8) is 0 Å². The molecule has 1 atom stereocenters. The maximum absolute atomic E-state index is 5.68. The van der Waals surface area contributed by atoms with Gasteiger partial charge in [0.2, 0.25) is 0 Å². The molecule has 1 aliphatic heterocycles. The van der Waals surface area contributed by atoms with Gasteiger partial charge in [-0.05, 0) is 5.56 Å². The predicted octanol–water partition coefficient (Wildman–Crippen LogP) is 2.61. The van der Waals surface area contributed by atoms with Crippen molar-refractivity contribution in [2.24, 2.45) is 5.16 Å². The minimum absolute atomic E-state index is 0.0791. The van der Waals surface area contributed by atoms with Crippen LogP contribution in [0.5, 0.6) is 0 Å². The van der Waals surface area contributed by atoms with E-state index in [0.717, 1.165) is 18.6 Å². The van der Waals surface area contributed by atoms with Crippen LogP contribution in [-0.4, -0.2) is 17.7 Å². The molecular weight excluding hydrogens is 198 g/mol. The molecule has 0 spiro atoms. The summed E-state index contributed by atoms with van der Waals surface area (Å²) in [6.45, 7) is 0. The normalized spacial score (nSPS) is 20.4. The van der Waals surface area contributed by atoms with Gasteiger partial charge in [-0.25, -0.2) is 0 Å². The largest absolute Gasteiger partial charge is 0.391 e. The molecule has 2 rings (SSSR count). The number of alkyl halides is 1. The fraction of sp³-hybridized carbons (Fsp3) is 0.364. The van der Waals surface area contributed by atoms with E-state index in [1.165, 1.54) is 5.56 Å². The van der Waals surface area contributed by atoms with Crippen molar-refractivity contribution in [2.45, 2.75) is 18.9 Å². The summed E-state index contributed by atoms with van der Waals surface area (Å²) in [4.78, 5) is 5.14. The number of benzene rings is 1. The van der Waals surface area contributed by atoms with Crippen molar-refractivity contribution in [1.29, 1.82) is 0 Å². The average molecular weight is 210 g/mol. The Hall–Kier alpha value is -1.02. The highest BCUT2D eigenvalue weighted by Gasteiger charge is 2.19. The van der Waals surface area contributed by atoms with Gasteiger partial charge in [0, 0.05) is 12.8 Å². The summed E-state index contributed by atoms with van der Waals surface area (Å²) in [6, 6.07) is 10.3. The standard InChI is InChI=1S/C11H12ClNO/c12-8-11-7-10(13-14-11)6-9-4-2-1-3-5-9/h1-5,11H,6-8H2/t11-/m0/s1. The lowest BCUT2D eigenvalue weighted by molar-refractivity contribution is 0.102. The van der Waals surface area contributed by atoms with Gasteiger partial charge in [0.05, 0.1) is 11.6 Å². The van der Waals surface area contributed by atoms with E-state index < -0.39 is 0 Å². The first-order chi connectivity index (χ1) is 6.88. The fourth-order valence-electron chi connectivity index (χ4n) is 1.51. The Labute approximate surface area is 88.5 Å². The van der Waals surface area contributed by atoms with Crippen molar-refractivity contribution >= 4 is 17.3 Å². The molecule has 74 valence electrons. The second kappa shape index (κ2) is 4.47. The minimum Gasteiger partial charge on any atom is -0.391 e. The second-order valence-corrected chi connectivity index (χ2v) is 3.71. The molecule has 2 nitrogen and oxygen atoms in total. The molecule has 0 bridgehead atoms. The maximum atomic E-state index is 5.68. The van der Waals surface area contributed by atoms with Gasteiger partial charge < -0.3 is 4.84 Å². The highest BCUT2D eigenvalue weighted by Crippen LogP contribution is 2.15. The van der Waals surface area contributed by atoms with Crippen LogP contribution in [0.25, 0.3) is 0 Å². The third kappa shape index (κ3) is 2.26. The zero-order chi connectivity index (χ0) is 9.80. The van der Waals surface area contributed by atoms with Gasteiger partial charge in [0.25, 0.3) is 0 Å². The third-order valence-corrected chi connectivity index (χ3v) is 2.56. The number of rotatable bonds is 3. The zero-order valence-electron chi connectivity index (χ0n) is 7.82. The van der Waals surface area contributed by atoms with Crippen LogP contribution in [0, 0.1) is 0 Å². The quantitative estimate of drug-likeness (QED) is 0.702. The average Bonchev–Trinajstić information content (AvgIpc) is 2.67. The topological polar surface area (TPSA) is 21.6 Å². The van der Waals surface area contributed by atoms with Gasteiger partial charge in [-0.15, -0.1) is 11.6 Å². The number of oxime groups is 1. The van der Waals surface area contributed by atoms with Crippen molar-refractivity contribution in [3.8, 4) is 0 Å². The van der Waals surface area contributed by atoms with Crippen LogP contribution in [-0.2, 0) is 11.3 Å². The smallest absolute Gasteiger partial charge is 0.146 e. The molecule has 0 saturated carbocycles. The Morgan fingerprint density at radius 1 is 1.36 bits per heavy atom. The Bertz CT molecular complexity index is 323. The number of hydrogen-bond donors (Lipinski definition) is 0. The SMILES string of the molecule is ClC[C@@H]1CC(Cc2ccccc2)=NO1. The van der Waals surface area contributed by atoms with E-state index in [9.17, 15) is 0 Å². The highest BCUT2D eigenvalue weighted by atomic mass is 35.5. The van der Waals surface area contributed by atoms with Crippen molar-refractivity contribution in [3.05, 3.63) is 35.9 Å². The summed E-state index contributed by atoms with van der Waals surface area (Å²) in [5.74, 6) is 0.516. The van der Waals surface area contributed by atoms with E-state index in [4.69, 9.17) is 16.4 Å². The van der Waals surface area contributed by atoms with E-state index >= 15 is 0 Å². The van der Waals surface area contributed by atoms with Crippen LogP contribution in [0.1, 0.15) is 12.0 Å². The Balaban J connectivity index is 1.94. The zero-order valence-corrected chi connectivity index (χ0v) is 8.57. The van der Waals surface area contributed by atoms with Gasteiger partial charge in [0.15, 0.2) is 0 Å². The molecule has 0 aliphatic carbocycles. The molecule has 1 heterocycles. The van der Waals surface area contributed by atoms with Crippen LogP contribution in [0.2, 0.25) is 0 Å². The second-order valence-electron chi connectivity index (χ2n) is 3.41. The van der Waals surface area contributed by atoms with Crippen LogP contribution in [0.3, 0.4) is 0 Å². The summed E-state index contributed by atoms with van der Waals surface area (Å²) in [5, 5.41) is 4.02. The van der Waals surface area contributed by atoms with Crippen LogP contribution < -0.4 is 0 Å². The van der Waals surface area contributed by atoms with E-state index in [1.807, 2.05) is 18.2 Å². The molecule has 1 aliphatic rings. The van der Waals surface area contributed by atoms with E-state index in [2.05, 4.69) is 17.3 Å². The monoisotopic (exact) mass is 209 g/mol. The molecule has 0 radical (unpaired) electrons. The van der Waals surface area contributed by atoms with E-state index in [1.54, 1.807) is 0 Å². The Morgan fingerprint density at radius 2 is 2.14 bits per heavy atom. The summed E-state index contributed by atoms with van der Waals surface area (Å²) >= 11 is 5.68. The molecule has 1 aromatic carbocycles. The van der Waals surface area contributed by atoms with Gasteiger partial charge in [0.1, 0.15) is 6.10 Å². The van der Waals surface area contributed by atoms with Crippen LogP contribution in [0.15, 0.2) is 35.5 Å². The first-order valence-corrected chi connectivity index (χ1v) is 5.23. The lowest BCUT2D eigenvalue weighted by Gasteiger charge is -2.01. The number of hydrogen-bond acceptors (Lipinski definition) is 2. The van der Waals surface area contributed by atoms with Gasteiger partial charge in [-0.2, -0.15) is 0 Å². The minimum atomic E-state index is 0.0791.